The first-order valence-corrected chi connectivity index (χ1v) is 12.1. The molecule has 3 aromatic rings. The minimum atomic E-state index is -0.391. The molecule has 0 bridgehead atoms. The van der Waals surface area contributed by atoms with Gasteiger partial charge in [0.05, 0.1) is 23.2 Å². The number of ether oxygens (including phenoxy) is 1. The number of thiazole rings is 1. The monoisotopic (exact) mass is 483 g/mol. The normalized spacial score (nSPS) is 16.2. The van der Waals surface area contributed by atoms with E-state index in [4.69, 9.17) is 16.3 Å². The summed E-state index contributed by atoms with van der Waals surface area (Å²) in [6.07, 6.45) is 2.08. The van der Waals surface area contributed by atoms with Gasteiger partial charge in [0.15, 0.2) is 4.80 Å². The van der Waals surface area contributed by atoms with E-state index in [0.29, 0.717) is 34.0 Å². The molecule has 172 valence electrons. The van der Waals surface area contributed by atoms with Crippen LogP contribution in [-0.2, 0) is 11.3 Å². The standard InChI is InChI=1S/C25H26ClN3O3S/c1-16-17(2)33-25(28-24(31)21-11-5-6-12-22(21)26)29(16)15-18-8-3-4-10-20(18)23(30)27-14-19-9-7-13-32-19/h3-6,8,10-12,19H,7,9,13-15H2,1-2H3,(H,27,30)/t19-/m1/s1. The van der Waals surface area contributed by atoms with Gasteiger partial charge >= 0.3 is 0 Å². The Morgan fingerprint density at radius 3 is 2.61 bits per heavy atom. The number of benzene rings is 2. The summed E-state index contributed by atoms with van der Waals surface area (Å²) in [6.45, 7) is 5.67. The van der Waals surface area contributed by atoms with Gasteiger partial charge < -0.3 is 14.6 Å². The number of carbonyl (C=O) groups excluding carboxylic acids is 2. The topological polar surface area (TPSA) is 72.7 Å². The van der Waals surface area contributed by atoms with Crippen molar-refractivity contribution in [2.75, 3.05) is 13.2 Å². The van der Waals surface area contributed by atoms with E-state index >= 15 is 0 Å². The molecule has 0 aliphatic carbocycles. The smallest absolute Gasteiger partial charge is 0.281 e. The summed E-state index contributed by atoms with van der Waals surface area (Å²) < 4.78 is 7.58. The van der Waals surface area contributed by atoms with E-state index in [1.807, 2.05) is 42.7 Å². The molecule has 2 heterocycles. The molecular weight excluding hydrogens is 458 g/mol. The number of halogens is 1. The molecule has 1 saturated heterocycles. The first-order chi connectivity index (χ1) is 15.9. The maximum atomic E-state index is 12.9. The highest BCUT2D eigenvalue weighted by Crippen LogP contribution is 2.18. The summed E-state index contributed by atoms with van der Waals surface area (Å²) in [5.41, 5.74) is 2.83. The van der Waals surface area contributed by atoms with E-state index in [1.165, 1.54) is 11.3 Å². The first-order valence-electron chi connectivity index (χ1n) is 10.9. The Bertz CT molecular complexity index is 1240. The molecule has 8 heteroatoms. The van der Waals surface area contributed by atoms with Crippen LogP contribution < -0.4 is 10.1 Å². The molecule has 0 unspecified atom stereocenters. The van der Waals surface area contributed by atoms with Gasteiger partial charge in [-0.3, -0.25) is 9.59 Å². The summed E-state index contributed by atoms with van der Waals surface area (Å²) in [6, 6.07) is 14.4. The predicted molar refractivity (Wildman–Crippen MR) is 130 cm³/mol. The minimum absolute atomic E-state index is 0.0819. The van der Waals surface area contributed by atoms with E-state index < -0.39 is 5.91 Å². The van der Waals surface area contributed by atoms with Crippen molar-refractivity contribution in [3.8, 4) is 0 Å². The highest BCUT2D eigenvalue weighted by molar-refractivity contribution is 7.09. The second-order valence-electron chi connectivity index (χ2n) is 8.01. The van der Waals surface area contributed by atoms with Crippen molar-refractivity contribution in [1.82, 2.24) is 9.88 Å². The van der Waals surface area contributed by atoms with E-state index in [2.05, 4.69) is 10.3 Å². The van der Waals surface area contributed by atoms with Crippen LogP contribution in [-0.4, -0.2) is 35.6 Å². The molecule has 1 atom stereocenters. The van der Waals surface area contributed by atoms with Crippen LogP contribution >= 0.6 is 22.9 Å². The van der Waals surface area contributed by atoms with Crippen LogP contribution in [0.5, 0.6) is 0 Å². The average Bonchev–Trinajstić information content (AvgIpc) is 3.42. The molecule has 0 radical (unpaired) electrons. The highest BCUT2D eigenvalue weighted by Gasteiger charge is 2.19. The summed E-state index contributed by atoms with van der Waals surface area (Å²) >= 11 is 7.63. The fourth-order valence-electron chi connectivity index (χ4n) is 3.81. The number of nitrogens with one attached hydrogen (secondary N) is 1. The van der Waals surface area contributed by atoms with Gasteiger partial charge in [-0.2, -0.15) is 4.99 Å². The lowest BCUT2D eigenvalue weighted by atomic mass is 10.1. The van der Waals surface area contributed by atoms with Gasteiger partial charge in [0, 0.05) is 29.3 Å². The molecule has 0 spiro atoms. The summed E-state index contributed by atoms with van der Waals surface area (Å²) in [5, 5.41) is 3.37. The van der Waals surface area contributed by atoms with Crippen LogP contribution in [0.1, 0.15) is 49.7 Å². The Balaban J connectivity index is 1.62. The second-order valence-corrected chi connectivity index (χ2v) is 9.60. The molecule has 1 aliphatic rings. The summed E-state index contributed by atoms with van der Waals surface area (Å²) in [5.74, 6) is -0.518. The fourth-order valence-corrected chi connectivity index (χ4v) is 5.00. The van der Waals surface area contributed by atoms with E-state index in [1.54, 1.807) is 24.3 Å². The zero-order valence-corrected chi connectivity index (χ0v) is 20.2. The Morgan fingerprint density at radius 1 is 1.15 bits per heavy atom. The van der Waals surface area contributed by atoms with Gasteiger partial charge in [0.1, 0.15) is 0 Å². The maximum Gasteiger partial charge on any atom is 0.281 e. The molecule has 4 rings (SSSR count). The van der Waals surface area contributed by atoms with Gasteiger partial charge in [0.25, 0.3) is 11.8 Å². The van der Waals surface area contributed by atoms with E-state index in [9.17, 15) is 9.59 Å². The van der Waals surface area contributed by atoms with Crippen molar-refractivity contribution >= 4 is 34.8 Å². The largest absolute Gasteiger partial charge is 0.376 e. The van der Waals surface area contributed by atoms with Gasteiger partial charge in [-0.15, -0.1) is 11.3 Å². The Morgan fingerprint density at radius 2 is 1.88 bits per heavy atom. The van der Waals surface area contributed by atoms with Crippen LogP contribution in [0.2, 0.25) is 5.02 Å². The molecule has 1 aliphatic heterocycles. The predicted octanol–water partition coefficient (Wildman–Crippen LogP) is 4.52. The number of nitrogens with zero attached hydrogens (tertiary/aromatic N) is 2. The SMILES string of the molecule is Cc1sc(=NC(=O)c2ccccc2Cl)n(Cc2ccccc2C(=O)NC[C@H]2CCCO2)c1C. The molecule has 2 aromatic carbocycles. The lowest BCUT2D eigenvalue weighted by molar-refractivity contribution is 0.0856. The van der Waals surface area contributed by atoms with Gasteiger partial charge in [-0.25, -0.2) is 0 Å². The van der Waals surface area contributed by atoms with E-state index in [-0.39, 0.29) is 12.0 Å². The van der Waals surface area contributed by atoms with Gasteiger partial charge in [0.2, 0.25) is 0 Å². The maximum absolute atomic E-state index is 12.9. The van der Waals surface area contributed by atoms with Crippen LogP contribution in [0.15, 0.2) is 53.5 Å². The molecule has 1 fully saturated rings. The van der Waals surface area contributed by atoms with Crippen molar-refractivity contribution in [2.45, 2.75) is 39.3 Å². The Kier molecular flexibility index (Phi) is 7.42. The van der Waals surface area contributed by atoms with Crippen molar-refractivity contribution in [2.24, 2.45) is 4.99 Å². The third-order valence-electron chi connectivity index (χ3n) is 5.80. The van der Waals surface area contributed by atoms with Crippen molar-refractivity contribution in [3.05, 3.63) is 85.6 Å². The summed E-state index contributed by atoms with van der Waals surface area (Å²) in [7, 11) is 0. The van der Waals surface area contributed by atoms with Crippen LogP contribution in [0.25, 0.3) is 0 Å². The molecule has 1 aromatic heterocycles. The van der Waals surface area contributed by atoms with Crippen LogP contribution in [0.3, 0.4) is 0 Å². The number of aryl methyl sites for hydroxylation is 1. The first kappa shape index (κ1) is 23.4. The molecule has 2 amide bonds. The van der Waals surface area contributed by atoms with Crippen molar-refractivity contribution < 1.29 is 14.3 Å². The van der Waals surface area contributed by atoms with Crippen molar-refractivity contribution in [1.29, 1.82) is 0 Å². The molecule has 0 saturated carbocycles. The summed E-state index contributed by atoms with van der Waals surface area (Å²) in [4.78, 5) is 31.7. The molecular formula is C25H26ClN3O3S. The molecule has 6 nitrogen and oxygen atoms in total. The minimum Gasteiger partial charge on any atom is -0.376 e. The van der Waals surface area contributed by atoms with Crippen molar-refractivity contribution in [3.63, 3.8) is 0 Å². The third-order valence-corrected chi connectivity index (χ3v) is 7.22. The lowest BCUT2D eigenvalue weighted by Gasteiger charge is -2.14. The third kappa shape index (κ3) is 5.43. The zero-order valence-electron chi connectivity index (χ0n) is 18.6. The Labute approximate surface area is 201 Å². The highest BCUT2D eigenvalue weighted by atomic mass is 35.5. The lowest BCUT2D eigenvalue weighted by Crippen LogP contribution is -2.32. The number of rotatable bonds is 6. The zero-order chi connectivity index (χ0) is 23.4. The van der Waals surface area contributed by atoms with Gasteiger partial charge in [-0.1, -0.05) is 41.9 Å². The number of amides is 2. The van der Waals surface area contributed by atoms with Crippen LogP contribution in [0, 0.1) is 13.8 Å². The fraction of sp³-hybridized carbons (Fsp3) is 0.320. The quantitative estimate of drug-likeness (QED) is 0.560. The molecule has 1 N–H and O–H groups in total. The average molecular weight is 484 g/mol. The number of aromatic nitrogens is 1. The number of hydrogen-bond acceptors (Lipinski definition) is 4. The van der Waals surface area contributed by atoms with Crippen LogP contribution in [0.4, 0.5) is 0 Å². The number of carbonyl (C=O) groups is 2. The Hall–Kier alpha value is -2.74. The molecule has 33 heavy (non-hydrogen) atoms. The van der Waals surface area contributed by atoms with E-state index in [0.717, 1.165) is 35.6 Å². The van der Waals surface area contributed by atoms with Gasteiger partial charge in [-0.05, 0) is 50.5 Å². The second kappa shape index (κ2) is 10.5. The number of hydrogen-bond donors (Lipinski definition) is 1.